The standard InChI is InChI=1S/C23H22N6O2S2/c1-3-13-29(4-2)18-11-9-17(10-12-18)26-28-23-24-21-19(32-23)14-20(33-21)27-25-16-7-5-15(6-8-16)22(30)31/h5-12,14H,3-4,13H2,1-2H3,(H,30,31). The number of hydrogen-bond donors (Lipinski definition) is 1. The van der Waals surface area contributed by atoms with Crippen LogP contribution >= 0.6 is 22.7 Å². The van der Waals surface area contributed by atoms with Gasteiger partial charge in [0, 0.05) is 18.8 Å². The molecule has 0 aliphatic heterocycles. The summed E-state index contributed by atoms with van der Waals surface area (Å²) in [6, 6.07) is 16.2. The lowest BCUT2D eigenvalue weighted by atomic mass is 10.2. The van der Waals surface area contributed by atoms with Crippen molar-refractivity contribution in [3.63, 3.8) is 0 Å². The van der Waals surface area contributed by atoms with Gasteiger partial charge in [-0.2, -0.15) is 0 Å². The van der Waals surface area contributed by atoms with Crippen LogP contribution in [0.1, 0.15) is 30.6 Å². The Morgan fingerprint density at radius 2 is 1.61 bits per heavy atom. The molecule has 4 rings (SSSR count). The van der Waals surface area contributed by atoms with Gasteiger partial charge >= 0.3 is 5.97 Å². The van der Waals surface area contributed by atoms with Gasteiger partial charge in [0.05, 0.1) is 21.6 Å². The van der Waals surface area contributed by atoms with Crippen LogP contribution in [0.25, 0.3) is 9.53 Å². The van der Waals surface area contributed by atoms with Gasteiger partial charge in [-0.15, -0.1) is 20.5 Å². The molecule has 33 heavy (non-hydrogen) atoms. The van der Waals surface area contributed by atoms with E-state index in [1.165, 1.54) is 40.5 Å². The Morgan fingerprint density at radius 1 is 0.939 bits per heavy atom. The largest absolute Gasteiger partial charge is 0.478 e. The second-order valence-corrected chi connectivity index (χ2v) is 9.12. The van der Waals surface area contributed by atoms with Crippen LogP contribution in [0.2, 0.25) is 0 Å². The van der Waals surface area contributed by atoms with E-state index >= 15 is 0 Å². The molecule has 0 amide bonds. The average molecular weight is 479 g/mol. The summed E-state index contributed by atoms with van der Waals surface area (Å²) in [6.45, 7) is 6.34. The molecular weight excluding hydrogens is 456 g/mol. The van der Waals surface area contributed by atoms with Crippen LogP contribution in [0.15, 0.2) is 75.1 Å². The van der Waals surface area contributed by atoms with Gasteiger partial charge in [0.1, 0.15) is 9.83 Å². The summed E-state index contributed by atoms with van der Waals surface area (Å²) in [5, 5.41) is 27.3. The van der Waals surface area contributed by atoms with Crippen LogP contribution in [0.3, 0.4) is 0 Å². The van der Waals surface area contributed by atoms with Crippen LogP contribution in [0.4, 0.5) is 27.2 Å². The van der Waals surface area contributed by atoms with E-state index in [0.29, 0.717) is 10.8 Å². The van der Waals surface area contributed by atoms with E-state index < -0.39 is 5.97 Å². The van der Waals surface area contributed by atoms with Gasteiger partial charge in [0.25, 0.3) is 0 Å². The third kappa shape index (κ3) is 5.65. The number of thiophene rings is 1. The Hall–Kier alpha value is -3.50. The molecule has 4 aromatic rings. The second-order valence-electron chi connectivity index (χ2n) is 7.10. The molecule has 2 aromatic heterocycles. The highest BCUT2D eigenvalue weighted by atomic mass is 32.1. The number of carbonyl (C=O) groups is 1. The van der Waals surface area contributed by atoms with Crippen molar-refractivity contribution in [3.8, 4) is 0 Å². The molecule has 10 heteroatoms. The molecule has 0 radical (unpaired) electrons. The summed E-state index contributed by atoms with van der Waals surface area (Å²) in [4.78, 5) is 18.6. The zero-order valence-corrected chi connectivity index (χ0v) is 19.8. The number of anilines is 1. The van der Waals surface area contributed by atoms with E-state index in [2.05, 4.69) is 56.3 Å². The minimum atomic E-state index is -0.969. The highest BCUT2D eigenvalue weighted by Gasteiger charge is 2.09. The molecule has 0 aliphatic rings. The minimum Gasteiger partial charge on any atom is -0.478 e. The smallest absolute Gasteiger partial charge is 0.335 e. The van der Waals surface area contributed by atoms with Crippen molar-refractivity contribution >= 4 is 65.4 Å². The Morgan fingerprint density at radius 3 is 2.21 bits per heavy atom. The van der Waals surface area contributed by atoms with Crippen molar-refractivity contribution < 1.29 is 9.90 Å². The van der Waals surface area contributed by atoms with Crippen LogP contribution in [-0.4, -0.2) is 29.1 Å². The molecule has 0 saturated heterocycles. The van der Waals surface area contributed by atoms with Crippen LogP contribution < -0.4 is 4.90 Å². The lowest BCUT2D eigenvalue weighted by Gasteiger charge is -2.22. The average Bonchev–Trinajstić information content (AvgIpc) is 3.39. The van der Waals surface area contributed by atoms with Crippen molar-refractivity contribution in [2.75, 3.05) is 18.0 Å². The van der Waals surface area contributed by atoms with E-state index in [9.17, 15) is 4.79 Å². The Balaban J connectivity index is 1.41. The number of rotatable bonds is 9. The molecule has 1 N–H and O–H groups in total. The number of fused-ring (bicyclic) bond motifs is 1. The van der Waals surface area contributed by atoms with E-state index in [1.54, 1.807) is 12.1 Å². The second kappa shape index (κ2) is 10.4. The van der Waals surface area contributed by atoms with Crippen molar-refractivity contribution in [3.05, 3.63) is 60.2 Å². The third-order valence-corrected chi connectivity index (χ3v) is 6.71. The van der Waals surface area contributed by atoms with Gasteiger partial charge in [0.2, 0.25) is 5.13 Å². The zero-order chi connectivity index (χ0) is 23.2. The zero-order valence-electron chi connectivity index (χ0n) is 18.2. The molecule has 0 unspecified atom stereocenters. The van der Waals surface area contributed by atoms with Gasteiger partial charge in [-0.25, -0.2) is 9.78 Å². The summed E-state index contributed by atoms with van der Waals surface area (Å²) in [7, 11) is 0. The number of benzene rings is 2. The fourth-order valence-corrected chi connectivity index (χ4v) is 5.00. The fourth-order valence-electron chi connectivity index (χ4n) is 3.15. The summed E-state index contributed by atoms with van der Waals surface area (Å²) in [6.07, 6.45) is 1.11. The monoisotopic (exact) mass is 478 g/mol. The van der Waals surface area contributed by atoms with Gasteiger partial charge in [-0.05, 0) is 67.9 Å². The predicted molar refractivity (Wildman–Crippen MR) is 134 cm³/mol. The molecule has 168 valence electrons. The number of hydrogen-bond acceptors (Lipinski definition) is 9. The minimum absolute atomic E-state index is 0.215. The maximum atomic E-state index is 10.9. The summed E-state index contributed by atoms with van der Waals surface area (Å²) in [5.41, 5.74) is 2.77. The first-order valence-corrected chi connectivity index (χ1v) is 12.1. The van der Waals surface area contributed by atoms with E-state index in [-0.39, 0.29) is 5.56 Å². The number of thiazole rings is 1. The molecule has 0 spiro atoms. The number of carboxylic acid groups (broad SMARTS) is 1. The highest BCUT2D eigenvalue weighted by molar-refractivity contribution is 7.30. The lowest BCUT2D eigenvalue weighted by Crippen LogP contribution is -2.23. The quantitative estimate of drug-likeness (QED) is 0.245. The topological polar surface area (TPSA) is 103 Å². The summed E-state index contributed by atoms with van der Waals surface area (Å²) < 4.78 is 0.970. The number of carboxylic acids is 1. The van der Waals surface area contributed by atoms with Crippen LogP contribution in [-0.2, 0) is 0 Å². The maximum Gasteiger partial charge on any atom is 0.335 e. The van der Waals surface area contributed by atoms with E-state index in [0.717, 1.165) is 39.7 Å². The Bertz CT molecular complexity index is 1260. The molecule has 0 atom stereocenters. The van der Waals surface area contributed by atoms with Gasteiger partial charge in [-0.3, -0.25) is 0 Å². The first kappa shape index (κ1) is 22.7. The molecule has 2 aromatic carbocycles. The number of nitrogens with zero attached hydrogens (tertiary/aromatic N) is 6. The highest BCUT2D eigenvalue weighted by Crippen LogP contribution is 2.39. The number of aromatic nitrogens is 1. The van der Waals surface area contributed by atoms with Crippen molar-refractivity contribution in [1.29, 1.82) is 0 Å². The van der Waals surface area contributed by atoms with Crippen molar-refractivity contribution in [2.45, 2.75) is 20.3 Å². The molecule has 0 fully saturated rings. The first-order chi connectivity index (χ1) is 16.1. The summed E-state index contributed by atoms with van der Waals surface area (Å²) in [5.74, 6) is -0.969. The predicted octanol–water partition coefficient (Wildman–Crippen LogP) is 8.12. The van der Waals surface area contributed by atoms with Gasteiger partial charge < -0.3 is 10.0 Å². The van der Waals surface area contributed by atoms with Crippen molar-refractivity contribution in [2.24, 2.45) is 20.5 Å². The fraction of sp³-hybridized carbons (Fsp3) is 0.217. The van der Waals surface area contributed by atoms with Gasteiger partial charge in [0.15, 0.2) is 0 Å². The molecule has 0 saturated carbocycles. The van der Waals surface area contributed by atoms with Gasteiger partial charge in [-0.1, -0.05) is 29.6 Å². The normalized spacial score (nSPS) is 11.7. The number of aromatic carboxylic acids is 1. The summed E-state index contributed by atoms with van der Waals surface area (Å²) >= 11 is 2.86. The molecule has 2 heterocycles. The van der Waals surface area contributed by atoms with Crippen LogP contribution in [0.5, 0.6) is 0 Å². The molecule has 0 bridgehead atoms. The Kier molecular flexibility index (Phi) is 7.16. The first-order valence-electron chi connectivity index (χ1n) is 10.5. The lowest BCUT2D eigenvalue weighted by molar-refractivity contribution is 0.0697. The molecule has 8 nitrogen and oxygen atoms in total. The van der Waals surface area contributed by atoms with E-state index in [1.807, 2.05) is 18.2 Å². The Labute approximate surface area is 199 Å². The molecular formula is C23H22N6O2S2. The SMILES string of the molecule is CCCN(CC)c1ccc(N=Nc2nc3sc(N=Nc4ccc(C(=O)O)cc4)cc3s2)cc1. The maximum absolute atomic E-state index is 10.9. The molecule has 0 aliphatic carbocycles. The van der Waals surface area contributed by atoms with E-state index in [4.69, 9.17) is 5.11 Å². The van der Waals surface area contributed by atoms with Crippen molar-refractivity contribution in [1.82, 2.24) is 4.98 Å². The third-order valence-electron chi connectivity index (χ3n) is 4.78. The number of azo groups is 2. The van der Waals surface area contributed by atoms with Crippen LogP contribution in [0, 0.1) is 0 Å².